The highest BCUT2D eigenvalue weighted by Crippen LogP contribution is 2.40. The van der Waals surface area contributed by atoms with E-state index in [1.165, 1.54) is 12.1 Å². The third kappa shape index (κ3) is 4.70. The number of likely N-dealkylation sites (tertiary alicyclic amines) is 1. The van der Waals surface area contributed by atoms with Gasteiger partial charge in [0.2, 0.25) is 0 Å². The molecule has 1 saturated heterocycles. The minimum absolute atomic E-state index is 0.0552. The first-order valence-electron chi connectivity index (χ1n) is 10.4. The van der Waals surface area contributed by atoms with Crippen LogP contribution in [0.2, 0.25) is 0 Å². The molecule has 156 valence electrons. The maximum atomic E-state index is 13.8. The zero-order valence-electron chi connectivity index (χ0n) is 16.8. The molecule has 1 aromatic heterocycles. The summed E-state index contributed by atoms with van der Waals surface area (Å²) >= 11 is 0. The lowest BCUT2D eigenvalue weighted by molar-refractivity contribution is 0.180. The third-order valence-corrected chi connectivity index (χ3v) is 6.37. The molecular formula is C23H29FN2O3. The Bertz CT molecular complexity index is 815. The average molecular weight is 400 g/mol. The van der Waals surface area contributed by atoms with E-state index in [0.29, 0.717) is 18.3 Å². The normalized spacial score (nSPS) is 25.1. The molecule has 5 nitrogen and oxygen atoms in total. The monoisotopic (exact) mass is 400 g/mol. The average Bonchev–Trinajstić information content (AvgIpc) is 3.23. The van der Waals surface area contributed by atoms with Gasteiger partial charge in [-0.1, -0.05) is 6.07 Å². The highest BCUT2D eigenvalue weighted by atomic mass is 19.1. The number of aryl methyl sites for hydroxylation is 1. The van der Waals surface area contributed by atoms with Gasteiger partial charge in [0, 0.05) is 31.9 Å². The molecule has 0 radical (unpaired) electrons. The molecule has 1 aliphatic carbocycles. The molecule has 29 heavy (non-hydrogen) atoms. The molecule has 2 fully saturated rings. The number of phenolic OH excluding ortho intramolecular Hbond substituents is 1. The molecule has 0 bridgehead atoms. The highest BCUT2D eigenvalue weighted by molar-refractivity contribution is 5.30. The van der Waals surface area contributed by atoms with Gasteiger partial charge < -0.3 is 19.8 Å². The molecule has 1 aliphatic heterocycles. The summed E-state index contributed by atoms with van der Waals surface area (Å²) in [7, 11) is 0. The predicted octanol–water partition coefficient (Wildman–Crippen LogP) is 3.49. The first kappa shape index (κ1) is 20.1. The lowest BCUT2D eigenvalue weighted by Crippen LogP contribution is -2.29. The van der Waals surface area contributed by atoms with E-state index in [0.717, 1.165) is 49.5 Å². The van der Waals surface area contributed by atoms with E-state index in [9.17, 15) is 14.6 Å². The Hall–Kier alpha value is -2.18. The van der Waals surface area contributed by atoms with Crippen molar-refractivity contribution >= 4 is 0 Å². The number of aromatic hydroxyl groups is 1. The van der Waals surface area contributed by atoms with Gasteiger partial charge in [0.15, 0.2) is 11.6 Å². The van der Waals surface area contributed by atoms with Gasteiger partial charge in [0.1, 0.15) is 5.75 Å². The Morgan fingerprint density at radius 1 is 1.21 bits per heavy atom. The van der Waals surface area contributed by atoms with Gasteiger partial charge >= 0.3 is 0 Å². The van der Waals surface area contributed by atoms with Gasteiger partial charge in [0.25, 0.3) is 0 Å². The van der Waals surface area contributed by atoms with Crippen LogP contribution in [0.25, 0.3) is 0 Å². The van der Waals surface area contributed by atoms with Crippen LogP contribution in [-0.4, -0.2) is 52.4 Å². The Balaban J connectivity index is 1.33. The number of rotatable bonds is 7. The Morgan fingerprint density at radius 2 is 1.97 bits per heavy atom. The fourth-order valence-corrected chi connectivity index (χ4v) is 4.91. The van der Waals surface area contributed by atoms with Gasteiger partial charge in [-0.25, -0.2) is 4.39 Å². The van der Waals surface area contributed by atoms with E-state index >= 15 is 0 Å². The number of aromatic nitrogens is 1. The van der Waals surface area contributed by atoms with Crippen LogP contribution in [0.5, 0.6) is 11.5 Å². The van der Waals surface area contributed by atoms with Crippen molar-refractivity contribution in [2.45, 2.75) is 38.2 Å². The van der Waals surface area contributed by atoms with Crippen LogP contribution in [0.15, 0.2) is 36.5 Å². The van der Waals surface area contributed by atoms with Crippen molar-refractivity contribution in [2.24, 2.45) is 11.8 Å². The number of fused-ring (bicyclic) bond motifs is 1. The molecule has 0 spiro atoms. The van der Waals surface area contributed by atoms with Crippen LogP contribution in [0.3, 0.4) is 0 Å². The SMILES string of the molecule is Cc1ccc(OC2C[C@@H]3CN(CC(CCO)c4ccc(O)c(F)c4)C[C@@H]3C2)cn1. The Kier molecular flexibility index (Phi) is 6.01. The second-order valence-electron chi connectivity index (χ2n) is 8.51. The summed E-state index contributed by atoms with van der Waals surface area (Å²) in [6.07, 6.45) is 4.73. The lowest BCUT2D eigenvalue weighted by atomic mass is 9.95. The quantitative estimate of drug-likeness (QED) is 0.745. The van der Waals surface area contributed by atoms with Crippen molar-refractivity contribution in [2.75, 3.05) is 26.2 Å². The molecule has 2 N–H and O–H groups in total. The van der Waals surface area contributed by atoms with Gasteiger partial charge in [-0.2, -0.15) is 0 Å². The van der Waals surface area contributed by atoms with Crippen LogP contribution >= 0.6 is 0 Å². The fourth-order valence-electron chi connectivity index (χ4n) is 4.91. The Labute approximate surface area is 171 Å². The van der Waals surface area contributed by atoms with Gasteiger partial charge in [-0.05, 0) is 73.8 Å². The number of hydrogen-bond acceptors (Lipinski definition) is 5. The van der Waals surface area contributed by atoms with Gasteiger partial charge in [-0.15, -0.1) is 0 Å². The first-order chi connectivity index (χ1) is 14.0. The molecule has 2 aliphatic rings. The van der Waals surface area contributed by atoms with Crippen molar-refractivity contribution in [1.29, 1.82) is 0 Å². The zero-order chi connectivity index (χ0) is 20.4. The molecule has 1 saturated carbocycles. The standard InChI is InChI=1S/C23H29FN2O3/c1-15-2-4-20(11-25-15)29-21-8-18-13-26(14-19(18)9-21)12-17(6-7-27)16-3-5-23(28)22(24)10-16/h2-5,10-11,17-19,21,27-28H,6-9,12-14H2,1H3/t17?,18-,19+,21?. The van der Waals surface area contributed by atoms with Crippen LogP contribution in [0, 0.1) is 24.6 Å². The van der Waals surface area contributed by atoms with Crippen LogP contribution < -0.4 is 4.74 Å². The number of halogens is 1. The minimum atomic E-state index is -0.602. The Morgan fingerprint density at radius 3 is 2.59 bits per heavy atom. The van der Waals surface area contributed by atoms with E-state index in [4.69, 9.17) is 4.74 Å². The largest absolute Gasteiger partial charge is 0.505 e. The number of nitrogens with zero attached hydrogens (tertiary/aromatic N) is 2. The van der Waals surface area contributed by atoms with E-state index in [1.807, 2.05) is 19.1 Å². The van der Waals surface area contributed by atoms with Crippen molar-refractivity contribution in [1.82, 2.24) is 9.88 Å². The molecule has 2 aromatic rings. The number of benzene rings is 1. The topological polar surface area (TPSA) is 65.8 Å². The van der Waals surface area contributed by atoms with Crippen molar-refractivity contribution in [3.05, 3.63) is 53.6 Å². The maximum absolute atomic E-state index is 13.8. The highest BCUT2D eigenvalue weighted by Gasteiger charge is 2.42. The summed E-state index contributed by atoms with van der Waals surface area (Å²) in [5.41, 5.74) is 1.82. The molecular weight excluding hydrogens is 371 g/mol. The summed E-state index contributed by atoms with van der Waals surface area (Å²) in [4.78, 5) is 6.73. The summed E-state index contributed by atoms with van der Waals surface area (Å²) < 4.78 is 19.9. The summed E-state index contributed by atoms with van der Waals surface area (Å²) in [5, 5.41) is 18.9. The molecule has 2 heterocycles. The van der Waals surface area contributed by atoms with Crippen molar-refractivity contribution in [3.8, 4) is 11.5 Å². The van der Waals surface area contributed by atoms with E-state index in [2.05, 4.69) is 9.88 Å². The van der Waals surface area contributed by atoms with Crippen LogP contribution in [0.1, 0.15) is 36.4 Å². The number of hydrogen-bond donors (Lipinski definition) is 2. The second kappa shape index (κ2) is 8.67. The van der Waals surface area contributed by atoms with Gasteiger partial charge in [0.05, 0.1) is 12.3 Å². The molecule has 2 unspecified atom stereocenters. The summed E-state index contributed by atoms with van der Waals surface area (Å²) in [5.74, 6) is 1.19. The molecule has 4 atom stereocenters. The number of pyridine rings is 1. The van der Waals surface area contributed by atoms with Crippen molar-refractivity contribution < 1.29 is 19.3 Å². The molecule has 0 amide bonds. The summed E-state index contributed by atoms with van der Waals surface area (Å²) in [6.45, 7) is 4.85. The van der Waals surface area contributed by atoms with Crippen LogP contribution in [0.4, 0.5) is 4.39 Å². The van der Waals surface area contributed by atoms with E-state index < -0.39 is 5.82 Å². The molecule has 4 rings (SSSR count). The summed E-state index contributed by atoms with van der Waals surface area (Å²) in [6, 6.07) is 8.51. The first-order valence-corrected chi connectivity index (χ1v) is 10.4. The minimum Gasteiger partial charge on any atom is -0.505 e. The van der Waals surface area contributed by atoms with Crippen molar-refractivity contribution in [3.63, 3.8) is 0 Å². The van der Waals surface area contributed by atoms with E-state index in [1.54, 1.807) is 12.3 Å². The number of aliphatic hydroxyl groups is 1. The number of ether oxygens (including phenoxy) is 1. The lowest BCUT2D eigenvalue weighted by Gasteiger charge is -2.25. The van der Waals surface area contributed by atoms with Crippen LogP contribution in [-0.2, 0) is 0 Å². The van der Waals surface area contributed by atoms with Gasteiger partial charge in [-0.3, -0.25) is 4.98 Å². The number of phenols is 1. The number of aliphatic hydroxyl groups excluding tert-OH is 1. The smallest absolute Gasteiger partial charge is 0.165 e. The third-order valence-electron chi connectivity index (χ3n) is 6.37. The molecule has 1 aromatic carbocycles. The zero-order valence-corrected chi connectivity index (χ0v) is 16.8. The second-order valence-corrected chi connectivity index (χ2v) is 8.51. The predicted molar refractivity (Wildman–Crippen MR) is 109 cm³/mol. The van der Waals surface area contributed by atoms with E-state index in [-0.39, 0.29) is 24.4 Å². The maximum Gasteiger partial charge on any atom is 0.165 e. The molecule has 6 heteroatoms. The fraction of sp³-hybridized carbons (Fsp3) is 0.522.